The van der Waals surface area contributed by atoms with Crippen LogP contribution in [0.25, 0.3) is 0 Å². The summed E-state index contributed by atoms with van der Waals surface area (Å²) in [6.07, 6.45) is -5.54. The molecule has 1 saturated heterocycles. The third-order valence-corrected chi connectivity index (χ3v) is 7.63. The molecule has 0 aromatic heterocycles. The lowest BCUT2D eigenvalue weighted by Crippen LogP contribution is -2.51. The summed E-state index contributed by atoms with van der Waals surface area (Å²) in [7, 11) is -4.44. The Kier molecular flexibility index (Phi) is 6.11. The predicted molar refractivity (Wildman–Crippen MR) is 104 cm³/mol. The molecule has 2 aromatic rings. The van der Waals surface area contributed by atoms with Crippen LogP contribution in [0.15, 0.2) is 53.4 Å². The number of nitrogens with zero attached hydrogens (tertiary/aromatic N) is 1. The van der Waals surface area contributed by atoms with E-state index in [0.29, 0.717) is 11.1 Å². The number of benzene rings is 2. The molecule has 0 saturated carbocycles. The zero-order valence-electron chi connectivity index (χ0n) is 16.4. The molecule has 6 nitrogen and oxygen atoms in total. The van der Waals surface area contributed by atoms with Crippen molar-refractivity contribution < 1.29 is 31.1 Å². The van der Waals surface area contributed by atoms with Crippen molar-refractivity contribution in [2.45, 2.75) is 47.9 Å². The standard InChI is InChI=1S/C21H19F3N2O4S/c1-14(30-13-27)20(16-6-4-5-15(11-16)12-25)10-9-19(26-20)31(28,29)18-8-3-2-7-17(18)21(22,23)24/h2-8,11,13-14,19,26H,9-10H2,1H3. The fourth-order valence-electron chi connectivity index (χ4n) is 3.97. The summed E-state index contributed by atoms with van der Waals surface area (Å²) < 4.78 is 71.8. The minimum atomic E-state index is -4.84. The van der Waals surface area contributed by atoms with Crippen molar-refractivity contribution in [1.82, 2.24) is 5.32 Å². The van der Waals surface area contributed by atoms with Gasteiger partial charge in [-0.15, -0.1) is 0 Å². The van der Waals surface area contributed by atoms with Crippen molar-refractivity contribution in [3.8, 4) is 6.07 Å². The average molecular weight is 452 g/mol. The van der Waals surface area contributed by atoms with Crippen molar-refractivity contribution in [2.24, 2.45) is 0 Å². The fraction of sp³-hybridized carbons (Fsp3) is 0.333. The van der Waals surface area contributed by atoms with Gasteiger partial charge in [0.05, 0.1) is 27.6 Å². The summed E-state index contributed by atoms with van der Waals surface area (Å²) in [6.45, 7) is 1.78. The molecule has 0 aliphatic carbocycles. The average Bonchev–Trinajstić information content (AvgIpc) is 3.21. The lowest BCUT2D eigenvalue weighted by Gasteiger charge is -2.36. The molecule has 3 rings (SSSR count). The van der Waals surface area contributed by atoms with Gasteiger partial charge < -0.3 is 4.74 Å². The largest absolute Gasteiger partial charge is 0.463 e. The van der Waals surface area contributed by atoms with Crippen LogP contribution in [0, 0.1) is 11.3 Å². The van der Waals surface area contributed by atoms with Crippen LogP contribution >= 0.6 is 0 Å². The highest BCUT2D eigenvalue weighted by atomic mass is 32.2. The highest BCUT2D eigenvalue weighted by Crippen LogP contribution is 2.42. The van der Waals surface area contributed by atoms with Crippen molar-refractivity contribution >= 4 is 16.3 Å². The molecule has 2 aromatic carbocycles. The van der Waals surface area contributed by atoms with Crippen molar-refractivity contribution in [1.29, 1.82) is 5.26 Å². The second-order valence-corrected chi connectivity index (χ2v) is 9.35. The number of rotatable bonds is 6. The third-order valence-electron chi connectivity index (χ3n) is 5.55. The third kappa shape index (κ3) is 4.16. The summed E-state index contributed by atoms with van der Waals surface area (Å²) in [5, 5.41) is 10.8. The second kappa shape index (κ2) is 8.32. The first kappa shape index (κ1) is 22.8. The van der Waals surface area contributed by atoms with Gasteiger partial charge in [0.2, 0.25) is 0 Å². The Morgan fingerprint density at radius 1 is 1.26 bits per heavy atom. The molecular weight excluding hydrogens is 433 g/mol. The number of nitriles is 1. The highest BCUT2D eigenvalue weighted by Gasteiger charge is 2.50. The lowest BCUT2D eigenvalue weighted by molar-refractivity contribution is -0.140. The number of hydrogen-bond donors (Lipinski definition) is 1. The van der Waals surface area contributed by atoms with Crippen LogP contribution in [0.4, 0.5) is 13.2 Å². The molecule has 10 heteroatoms. The quantitative estimate of drug-likeness (QED) is 0.674. The summed E-state index contributed by atoms with van der Waals surface area (Å²) in [5.41, 5.74) is -1.62. The molecule has 3 atom stereocenters. The first-order valence-electron chi connectivity index (χ1n) is 9.34. The van der Waals surface area contributed by atoms with E-state index >= 15 is 0 Å². The van der Waals surface area contributed by atoms with Crippen LogP contribution in [0.1, 0.15) is 36.5 Å². The SMILES string of the molecule is CC(OC=O)C1(c2cccc(C#N)c2)CCC(S(=O)(=O)c2ccccc2C(F)(F)F)N1. The summed E-state index contributed by atoms with van der Waals surface area (Å²) in [4.78, 5) is 10.2. The smallest absolute Gasteiger partial charge is 0.417 e. The van der Waals surface area contributed by atoms with Crippen LogP contribution in [-0.2, 0) is 31.1 Å². The number of alkyl halides is 3. The van der Waals surface area contributed by atoms with Crippen LogP contribution < -0.4 is 5.32 Å². The van der Waals surface area contributed by atoms with Gasteiger partial charge in [0.15, 0.2) is 9.84 Å². The van der Waals surface area contributed by atoms with Gasteiger partial charge in [-0.05, 0) is 49.6 Å². The maximum atomic E-state index is 13.4. The van der Waals surface area contributed by atoms with Gasteiger partial charge in [-0.1, -0.05) is 24.3 Å². The molecule has 1 heterocycles. The zero-order chi connectivity index (χ0) is 22.9. The number of ether oxygens (including phenoxy) is 1. The minimum Gasteiger partial charge on any atom is -0.463 e. The number of halogens is 3. The molecule has 0 amide bonds. The summed E-state index contributed by atoms with van der Waals surface area (Å²) in [5.74, 6) is 0. The topological polar surface area (TPSA) is 96.3 Å². The Hall–Kier alpha value is -2.90. The number of hydrogen-bond acceptors (Lipinski definition) is 6. The Bertz CT molecular complexity index is 1130. The van der Waals surface area contributed by atoms with Gasteiger partial charge in [-0.3, -0.25) is 10.1 Å². The normalized spacial score (nSPS) is 22.5. The van der Waals surface area contributed by atoms with E-state index in [2.05, 4.69) is 5.32 Å². The van der Waals surface area contributed by atoms with Gasteiger partial charge in [0.1, 0.15) is 11.5 Å². The van der Waals surface area contributed by atoms with Crippen LogP contribution in [-0.4, -0.2) is 26.4 Å². The van der Waals surface area contributed by atoms with E-state index in [4.69, 9.17) is 4.74 Å². The molecule has 1 aliphatic heterocycles. The highest BCUT2D eigenvalue weighted by molar-refractivity contribution is 7.92. The Labute approximate surface area is 177 Å². The van der Waals surface area contributed by atoms with E-state index in [9.17, 15) is 31.6 Å². The number of carbonyl (C=O) groups is 1. The first-order chi connectivity index (χ1) is 14.6. The van der Waals surface area contributed by atoms with Gasteiger partial charge in [-0.2, -0.15) is 18.4 Å². The molecule has 0 radical (unpaired) electrons. The van der Waals surface area contributed by atoms with Crippen LogP contribution in [0.3, 0.4) is 0 Å². The number of carbonyl (C=O) groups excluding carboxylic acids is 1. The monoisotopic (exact) mass is 452 g/mol. The number of sulfone groups is 1. The molecule has 3 unspecified atom stereocenters. The minimum absolute atomic E-state index is 0.0160. The maximum absolute atomic E-state index is 13.4. The number of nitrogens with one attached hydrogen (secondary N) is 1. The molecule has 1 fully saturated rings. The molecular formula is C21H19F3N2O4S. The van der Waals surface area contributed by atoms with Crippen molar-refractivity contribution in [3.05, 3.63) is 65.2 Å². The van der Waals surface area contributed by atoms with Crippen molar-refractivity contribution in [2.75, 3.05) is 0 Å². The van der Waals surface area contributed by atoms with Crippen molar-refractivity contribution in [3.63, 3.8) is 0 Å². The zero-order valence-corrected chi connectivity index (χ0v) is 17.2. The van der Waals surface area contributed by atoms with Gasteiger partial charge in [-0.25, -0.2) is 8.42 Å². The molecule has 0 bridgehead atoms. The van der Waals surface area contributed by atoms with Gasteiger partial charge >= 0.3 is 6.18 Å². The molecule has 0 spiro atoms. The van der Waals surface area contributed by atoms with E-state index < -0.39 is 43.5 Å². The van der Waals surface area contributed by atoms with E-state index in [1.165, 1.54) is 12.1 Å². The molecule has 31 heavy (non-hydrogen) atoms. The van der Waals surface area contributed by atoms with E-state index in [1.807, 2.05) is 6.07 Å². The predicted octanol–water partition coefficient (Wildman–Crippen LogP) is 3.52. The Morgan fingerprint density at radius 3 is 2.61 bits per heavy atom. The fourth-order valence-corrected chi connectivity index (χ4v) is 5.83. The first-order valence-corrected chi connectivity index (χ1v) is 10.9. The Balaban J connectivity index is 2.07. The molecule has 1 aliphatic rings. The summed E-state index contributed by atoms with van der Waals surface area (Å²) in [6, 6.07) is 12.4. The Morgan fingerprint density at radius 2 is 1.97 bits per heavy atom. The maximum Gasteiger partial charge on any atom is 0.417 e. The molecule has 1 N–H and O–H groups in total. The lowest BCUT2D eigenvalue weighted by atomic mass is 9.83. The van der Waals surface area contributed by atoms with E-state index in [1.54, 1.807) is 25.1 Å². The molecule has 164 valence electrons. The van der Waals surface area contributed by atoms with Gasteiger partial charge in [0, 0.05) is 0 Å². The van der Waals surface area contributed by atoms with E-state index in [0.717, 1.165) is 18.2 Å². The van der Waals surface area contributed by atoms with Crippen LogP contribution in [0.5, 0.6) is 0 Å². The second-order valence-electron chi connectivity index (χ2n) is 7.25. The summed E-state index contributed by atoms with van der Waals surface area (Å²) >= 11 is 0. The van der Waals surface area contributed by atoms with E-state index in [-0.39, 0.29) is 19.3 Å². The van der Waals surface area contributed by atoms with Crippen LogP contribution in [0.2, 0.25) is 0 Å². The van der Waals surface area contributed by atoms with Gasteiger partial charge in [0.25, 0.3) is 6.47 Å².